The van der Waals surface area contributed by atoms with Crippen LogP contribution in [0.2, 0.25) is 0 Å². The quantitative estimate of drug-likeness (QED) is 0.334. The second kappa shape index (κ2) is 9.00. The maximum Gasteiger partial charge on any atom is 0.416 e. The number of ether oxygens (including phenoxy) is 1. The third-order valence-corrected chi connectivity index (χ3v) is 3.63. The molecule has 2 aromatic rings. The van der Waals surface area contributed by atoms with Gasteiger partial charge in [0.05, 0.1) is 10.5 Å². The van der Waals surface area contributed by atoms with Crippen molar-refractivity contribution in [3.8, 4) is 0 Å². The number of benzene rings is 2. The minimum Gasteiger partial charge on any atom is -0.449 e. The van der Waals surface area contributed by atoms with Crippen molar-refractivity contribution in [1.29, 1.82) is 0 Å². The average molecular weight is 408 g/mol. The lowest BCUT2D eigenvalue weighted by molar-refractivity contribution is -0.384. The van der Waals surface area contributed by atoms with Gasteiger partial charge < -0.3 is 10.1 Å². The molecule has 10 heteroatoms. The lowest BCUT2D eigenvalue weighted by Gasteiger charge is -2.12. The van der Waals surface area contributed by atoms with Crippen molar-refractivity contribution in [3.63, 3.8) is 0 Å². The van der Waals surface area contributed by atoms with Gasteiger partial charge in [0, 0.05) is 23.9 Å². The molecule has 1 N–H and O–H groups in total. The summed E-state index contributed by atoms with van der Waals surface area (Å²) in [6, 6.07) is 9.39. The first-order valence-corrected chi connectivity index (χ1v) is 8.17. The van der Waals surface area contributed by atoms with Gasteiger partial charge in [-0.15, -0.1) is 0 Å². The van der Waals surface area contributed by atoms with Crippen molar-refractivity contribution in [2.75, 3.05) is 5.32 Å². The zero-order chi connectivity index (χ0) is 21.6. The van der Waals surface area contributed by atoms with Crippen molar-refractivity contribution in [3.05, 3.63) is 75.8 Å². The van der Waals surface area contributed by atoms with Crippen LogP contribution in [0.4, 0.5) is 24.5 Å². The molecule has 0 heterocycles. The van der Waals surface area contributed by atoms with Crippen LogP contribution >= 0.6 is 0 Å². The Morgan fingerprint density at radius 3 is 2.41 bits per heavy atom. The van der Waals surface area contributed by atoms with Crippen LogP contribution in [0.25, 0.3) is 6.08 Å². The Bertz CT molecular complexity index is 940. The number of nitrogens with one attached hydrogen (secondary N) is 1. The number of non-ortho nitro benzene ring substituents is 1. The van der Waals surface area contributed by atoms with Crippen LogP contribution in [0.15, 0.2) is 54.6 Å². The molecule has 0 aromatic heterocycles. The van der Waals surface area contributed by atoms with Gasteiger partial charge in [0.25, 0.3) is 11.6 Å². The first-order valence-electron chi connectivity index (χ1n) is 8.17. The van der Waals surface area contributed by atoms with Gasteiger partial charge in [-0.3, -0.25) is 14.9 Å². The summed E-state index contributed by atoms with van der Waals surface area (Å²) in [5.74, 6) is -1.60. The van der Waals surface area contributed by atoms with Gasteiger partial charge in [0.15, 0.2) is 6.10 Å². The molecule has 29 heavy (non-hydrogen) atoms. The SMILES string of the molecule is CC(OC(=O)/C=C/c1cccc(C(F)(F)F)c1)C(=O)Nc1ccc([N+](=O)[O-])cc1. The monoisotopic (exact) mass is 408 g/mol. The molecule has 2 rings (SSSR count). The zero-order valence-corrected chi connectivity index (χ0v) is 15.0. The van der Waals surface area contributed by atoms with Crippen LogP contribution in [0.5, 0.6) is 0 Å². The molecule has 1 unspecified atom stereocenters. The fourth-order valence-corrected chi connectivity index (χ4v) is 2.16. The number of carbonyl (C=O) groups excluding carboxylic acids is 2. The van der Waals surface area contributed by atoms with Crippen LogP contribution in [0, 0.1) is 10.1 Å². The summed E-state index contributed by atoms with van der Waals surface area (Å²) in [6.45, 7) is 1.30. The molecule has 1 atom stereocenters. The van der Waals surface area contributed by atoms with Gasteiger partial charge in [-0.2, -0.15) is 13.2 Å². The first-order chi connectivity index (χ1) is 13.6. The summed E-state index contributed by atoms with van der Waals surface area (Å²) in [6.07, 6.45) is -3.66. The van der Waals surface area contributed by atoms with Gasteiger partial charge in [-0.25, -0.2) is 4.79 Å². The number of alkyl halides is 3. The van der Waals surface area contributed by atoms with Crippen LogP contribution in [-0.4, -0.2) is 22.9 Å². The highest BCUT2D eigenvalue weighted by atomic mass is 19.4. The summed E-state index contributed by atoms with van der Waals surface area (Å²) in [7, 11) is 0. The number of hydrogen-bond donors (Lipinski definition) is 1. The van der Waals surface area contributed by atoms with Crippen LogP contribution < -0.4 is 5.32 Å². The summed E-state index contributed by atoms with van der Waals surface area (Å²) >= 11 is 0. The van der Waals surface area contributed by atoms with Crippen LogP contribution in [-0.2, 0) is 20.5 Å². The highest BCUT2D eigenvalue weighted by Crippen LogP contribution is 2.29. The molecule has 7 nitrogen and oxygen atoms in total. The molecule has 0 saturated heterocycles. The van der Waals surface area contributed by atoms with E-state index in [1.54, 1.807) is 0 Å². The lowest BCUT2D eigenvalue weighted by atomic mass is 10.1. The average Bonchev–Trinajstić information content (AvgIpc) is 2.66. The number of hydrogen-bond acceptors (Lipinski definition) is 5. The highest BCUT2D eigenvalue weighted by Gasteiger charge is 2.30. The number of halogens is 3. The van der Waals surface area contributed by atoms with E-state index in [-0.39, 0.29) is 16.9 Å². The van der Waals surface area contributed by atoms with Crippen LogP contribution in [0.3, 0.4) is 0 Å². The molecule has 152 valence electrons. The number of anilines is 1. The molecule has 0 aliphatic carbocycles. The number of esters is 1. The van der Waals surface area contributed by atoms with Gasteiger partial charge in [0.1, 0.15) is 0 Å². The van der Waals surface area contributed by atoms with E-state index in [9.17, 15) is 32.9 Å². The van der Waals surface area contributed by atoms with E-state index >= 15 is 0 Å². The zero-order valence-electron chi connectivity index (χ0n) is 15.0. The fourth-order valence-electron chi connectivity index (χ4n) is 2.16. The minimum atomic E-state index is -4.51. The lowest BCUT2D eigenvalue weighted by Crippen LogP contribution is -2.29. The normalized spacial score (nSPS) is 12.4. The second-order valence-electron chi connectivity index (χ2n) is 5.83. The number of nitro benzene ring substituents is 1. The molecular weight excluding hydrogens is 393 g/mol. The Morgan fingerprint density at radius 1 is 1.17 bits per heavy atom. The van der Waals surface area contributed by atoms with Gasteiger partial charge in [-0.05, 0) is 42.8 Å². The Labute approximate surface area is 162 Å². The van der Waals surface area contributed by atoms with Gasteiger partial charge >= 0.3 is 12.1 Å². The van der Waals surface area contributed by atoms with E-state index in [2.05, 4.69) is 5.32 Å². The Kier molecular flexibility index (Phi) is 6.71. The smallest absolute Gasteiger partial charge is 0.416 e. The minimum absolute atomic E-state index is 0.139. The van der Waals surface area contributed by atoms with E-state index in [0.29, 0.717) is 0 Å². The Hall–Kier alpha value is -3.69. The van der Waals surface area contributed by atoms with Crippen molar-refractivity contribution in [2.45, 2.75) is 19.2 Å². The largest absolute Gasteiger partial charge is 0.449 e. The van der Waals surface area contributed by atoms with Crippen LogP contribution in [0.1, 0.15) is 18.1 Å². The summed E-state index contributed by atoms with van der Waals surface area (Å²) in [5, 5.41) is 13.0. The van der Waals surface area contributed by atoms with E-state index in [1.165, 1.54) is 43.3 Å². The van der Waals surface area contributed by atoms with E-state index in [4.69, 9.17) is 4.74 Å². The molecule has 0 fully saturated rings. The van der Waals surface area contributed by atoms with Crippen molar-refractivity contribution >= 4 is 29.3 Å². The molecule has 0 aliphatic heterocycles. The van der Waals surface area contributed by atoms with Crippen molar-refractivity contribution in [1.82, 2.24) is 0 Å². The third kappa shape index (κ3) is 6.45. The fraction of sp³-hybridized carbons (Fsp3) is 0.158. The third-order valence-electron chi connectivity index (χ3n) is 3.63. The molecule has 0 bridgehead atoms. The molecule has 2 aromatic carbocycles. The topological polar surface area (TPSA) is 98.5 Å². The van der Waals surface area contributed by atoms with Crippen molar-refractivity contribution in [2.24, 2.45) is 0 Å². The Morgan fingerprint density at radius 2 is 1.83 bits per heavy atom. The number of rotatable bonds is 6. The second-order valence-corrected chi connectivity index (χ2v) is 5.83. The number of amides is 1. The maximum absolute atomic E-state index is 12.7. The first kappa shape index (κ1) is 21.6. The summed E-state index contributed by atoms with van der Waals surface area (Å²) in [5.41, 5.74) is -0.603. The molecule has 1 amide bonds. The van der Waals surface area contributed by atoms with Gasteiger partial charge in [-0.1, -0.05) is 12.1 Å². The number of nitro groups is 1. The van der Waals surface area contributed by atoms with E-state index in [1.807, 2.05) is 0 Å². The van der Waals surface area contributed by atoms with Gasteiger partial charge in [0.2, 0.25) is 0 Å². The summed E-state index contributed by atoms with van der Waals surface area (Å²) in [4.78, 5) is 33.8. The predicted molar refractivity (Wildman–Crippen MR) is 97.8 cm³/mol. The van der Waals surface area contributed by atoms with Crippen molar-refractivity contribution < 1.29 is 32.4 Å². The number of carbonyl (C=O) groups is 2. The summed E-state index contributed by atoms with van der Waals surface area (Å²) < 4.78 is 42.9. The molecule has 0 saturated carbocycles. The standard InChI is InChI=1S/C19H15F3N2O5/c1-12(18(26)23-15-6-8-16(9-7-15)24(27)28)29-17(25)10-5-13-3-2-4-14(11-13)19(20,21)22/h2-12H,1H3,(H,23,26)/b10-5+. The predicted octanol–water partition coefficient (Wildman–Crippen LogP) is 4.20. The van der Waals surface area contributed by atoms with E-state index in [0.717, 1.165) is 24.3 Å². The highest BCUT2D eigenvalue weighted by molar-refractivity contribution is 5.96. The molecular formula is C19H15F3N2O5. The maximum atomic E-state index is 12.7. The molecule has 0 spiro atoms. The van der Waals surface area contributed by atoms with E-state index < -0.39 is 34.6 Å². The molecule has 0 radical (unpaired) electrons. The number of nitrogens with zero attached hydrogens (tertiary/aromatic N) is 1. The Balaban J connectivity index is 1.93. The molecule has 0 aliphatic rings.